The molecule has 18 heavy (non-hydrogen) atoms. The minimum Gasteiger partial charge on any atom is -0.383 e. The zero-order valence-electron chi connectivity index (χ0n) is 10.4. The van der Waals surface area contributed by atoms with Gasteiger partial charge in [0.1, 0.15) is 6.42 Å². The van der Waals surface area contributed by atoms with Gasteiger partial charge in [0.2, 0.25) is 5.91 Å². The summed E-state index contributed by atoms with van der Waals surface area (Å²) in [7, 11) is 1.46. The van der Waals surface area contributed by atoms with Gasteiger partial charge in [0, 0.05) is 26.2 Å². The number of hydrogen-bond acceptors (Lipinski definition) is 3. The van der Waals surface area contributed by atoms with Crippen molar-refractivity contribution in [2.45, 2.75) is 31.5 Å². The fourth-order valence-corrected chi connectivity index (χ4v) is 1.98. The molecule has 1 amide bonds. The molecule has 7 heteroatoms. The first kappa shape index (κ1) is 15.2. The first-order chi connectivity index (χ1) is 8.42. The van der Waals surface area contributed by atoms with E-state index < -0.39 is 18.5 Å². The second-order valence-electron chi connectivity index (χ2n) is 4.42. The molecule has 1 atom stereocenters. The molecule has 1 heterocycles. The molecule has 0 aromatic heterocycles. The molecule has 0 radical (unpaired) electrons. The Balaban J connectivity index is 2.50. The maximum Gasteiger partial charge on any atom is 0.397 e. The Hall–Kier alpha value is -0.820. The van der Waals surface area contributed by atoms with E-state index in [-0.39, 0.29) is 19.2 Å². The van der Waals surface area contributed by atoms with Crippen molar-refractivity contribution >= 4 is 5.91 Å². The monoisotopic (exact) mass is 268 g/mol. The number of nitrogens with one attached hydrogen (secondary N) is 1. The van der Waals surface area contributed by atoms with Crippen LogP contribution >= 0.6 is 0 Å². The zero-order chi connectivity index (χ0) is 13.6. The molecule has 0 aromatic rings. The number of methoxy groups -OCH3 is 1. The van der Waals surface area contributed by atoms with E-state index in [1.54, 1.807) is 0 Å². The minimum absolute atomic E-state index is 0.0963. The van der Waals surface area contributed by atoms with Gasteiger partial charge in [-0.1, -0.05) is 0 Å². The summed E-state index contributed by atoms with van der Waals surface area (Å²) in [6.45, 7) is 1.62. The van der Waals surface area contributed by atoms with Crippen molar-refractivity contribution in [1.29, 1.82) is 0 Å². The van der Waals surface area contributed by atoms with E-state index in [2.05, 4.69) is 5.32 Å². The number of carbonyl (C=O) groups is 1. The zero-order valence-corrected chi connectivity index (χ0v) is 10.4. The Morgan fingerprint density at radius 1 is 1.50 bits per heavy atom. The second-order valence-corrected chi connectivity index (χ2v) is 4.42. The highest BCUT2D eigenvalue weighted by Gasteiger charge is 2.34. The topological polar surface area (TPSA) is 41.6 Å². The molecule has 1 aliphatic heterocycles. The lowest BCUT2D eigenvalue weighted by molar-refractivity contribution is -0.162. The Bertz CT molecular complexity index is 266. The van der Waals surface area contributed by atoms with Gasteiger partial charge in [-0.15, -0.1) is 0 Å². The standard InChI is InChI=1S/C11H19F3N2O2/c1-18-6-5-16(8-9-3-2-4-15-9)10(17)7-11(12,13)14/h9,15H,2-8H2,1H3. The summed E-state index contributed by atoms with van der Waals surface area (Å²) in [4.78, 5) is 12.8. The number of alkyl halides is 3. The van der Waals surface area contributed by atoms with Crippen LogP contribution in [0.1, 0.15) is 19.3 Å². The summed E-state index contributed by atoms with van der Waals surface area (Å²) in [6.07, 6.45) is -3.96. The van der Waals surface area contributed by atoms with Gasteiger partial charge < -0.3 is 15.0 Å². The molecule has 0 bridgehead atoms. The molecule has 1 aliphatic rings. The van der Waals surface area contributed by atoms with E-state index in [0.717, 1.165) is 19.4 Å². The van der Waals surface area contributed by atoms with Gasteiger partial charge in [-0.3, -0.25) is 4.79 Å². The molecule has 0 spiro atoms. The highest BCUT2D eigenvalue weighted by Crippen LogP contribution is 2.21. The van der Waals surface area contributed by atoms with E-state index >= 15 is 0 Å². The van der Waals surface area contributed by atoms with E-state index in [4.69, 9.17) is 4.74 Å². The third kappa shape index (κ3) is 5.68. The van der Waals surface area contributed by atoms with Crippen molar-refractivity contribution in [1.82, 2.24) is 10.2 Å². The number of rotatable bonds is 6. The Labute approximate surface area is 104 Å². The molecule has 1 rings (SSSR count). The van der Waals surface area contributed by atoms with Crippen molar-refractivity contribution in [3.8, 4) is 0 Å². The molecule has 0 aliphatic carbocycles. The number of hydrogen-bond donors (Lipinski definition) is 1. The third-order valence-corrected chi connectivity index (χ3v) is 2.87. The first-order valence-electron chi connectivity index (χ1n) is 5.99. The lowest BCUT2D eigenvalue weighted by Crippen LogP contribution is -2.43. The van der Waals surface area contributed by atoms with Crippen molar-refractivity contribution in [3.05, 3.63) is 0 Å². The van der Waals surface area contributed by atoms with Crippen LogP contribution in [0.2, 0.25) is 0 Å². The number of nitrogens with zero attached hydrogens (tertiary/aromatic N) is 1. The number of amides is 1. The lowest BCUT2D eigenvalue weighted by atomic mass is 10.2. The van der Waals surface area contributed by atoms with Crippen molar-refractivity contribution < 1.29 is 22.7 Å². The van der Waals surface area contributed by atoms with E-state index in [1.165, 1.54) is 12.0 Å². The van der Waals surface area contributed by atoms with Crippen LogP contribution in [0.4, 0.5) is 13.2 Å². The van der Waals surface area contributed by atoms with Gasteiger partial charge in [0.05, 0.1) is 6.61 Å². The molecule has 0 saturated carbocycles. The predicted molar refractivity (Wildman–Crippen MR) is 60.2 cm³/mol. The number of halogens is 3. The largest absolute Gasteiger partial charge is 0.397 e. The molecule has 1 unspecified atom stereocenters. The molecular formula is C11H19F3N2O2. The van der Waals surface area contributed by atoms with Crippen molar-refractivity contribution in [2.24, 2.45) is 0 Å². The van der Waals surface area contributed by atoms with E-state index in [1.807, 2.05) is 0 Å². The molecular weight excluding hydrogens is 249 g/mol. The van der Waals surface area contributed by atoms with Crippen molar-refractivity contribution in [3.63, 3.8) is 0 Å². The second kappa shape index (κ2) is 6.94. The van der Waals surface area contributed by atoms with E-state index in [0.29, 0.717) is 6.54 Å². The number of carbonyl (C=O) groups excluding carboxylic acids is 1. The minimum atomic E-state index is -4.45. The SMILES string of the molecule is COCCN(CC1CCCN1)C(=O)CC(F)(F)F. The van der Waals surface area contributed by atoms with Gasteiger partial charge in [-0.25, -0.2) is 0 Å². The molecule has 1 N–H and O–H groups in total. The molecule has 106 valence electrons. The summed E-state index contributed by atoms with van der Waals surface area (Å²) >= 11 is 0. The highest BCUT2D eigenvalue weighted by atomic mass is 19.4. The van der Waals surface area contributed by atoms with Crippen molar-refractivity contribution in [2.75, 3.05) is 33.4 Å². The van der Waals surface area contributed by atoms with Crippen LogP contribution < -0.4 is 5.32 Å². The van der Waals surface area contributed by atoms with Gasteiger partial charge in [0.25, 0.3) is 0 Å². The maximum atomic E-state index is 12.2. The summed E-state index contributed by atoms with van der Waals surface area (Å²) in [5, 5.41) is 3.17. The van der Waals surface area contributed by atoms with Gasteiger partial charge >= 0.3 is 6.18 Å². The van der Waals surface area contributed by atoms with Gasteiger partial charge in [-0.05, 0) is 19.4 Å². The molecule has 4 nitrogen and oxygen atoms in total. The Morgan fingerprint density at radius 3 is 2.72 bits per heavy atom. The fraction of sp³-hybridized carbons (Fsp3) is 0.909. The molecule has 1 fully saturated rings. The van der Waals surface area contributed by atoms with Crippen LogP contribution in [0.5, 0.6) is 0 Å². The van der Waals surface area contributed by atoms with Crippen LogP contribution in [-0.4, -0.2) is 56.4 Å². The van der Waals surface area contributed by atoms with Crippen LogP contribution in [0.15, 0.2) is 0 Å². The average Bonchev–Trinajstić information content (AvgIpc) is 2.74. The summed E-state index contributed by atoms with van der Waals surface area (Å²) in [5.41, 5.74) is 0. The lowest BCUT2D eigenvalue weighted by Gasteiger charge is -2.26. The maximum absolute atomic E-state index is 12.2. The van der Waals surface area contributed by atoms with Crippen LogP contribution in [0.3, 0.4) is 0 Å². The number of ether oxygens (including phenoxy) is 1. The van der Waals surface area contributed by atoms with E-state index in [9.17, 15) is 18.0 Å². The Kier molecular flexibility index (Phi) is 5.87. The van der Waals surface area contributed by atoms with Gasteiger partial charge in [-0.2, -0.15) is 13.2 Å². The Morgan fingerprint density at radius 2 is 2.22 bits per heavy atom. The predicted octanol–water partition coefficient (Wildman–Crippen LogP) is 1.17. The summed E-state index contributed by atoms with van der Waals surface area (Å²) < 4.78 is 41.4. The summed E-state index contributed by atoms with van der Waals surface area (Å²) in [5.74, 6) is -0.881. The fourth-order valence-electron chi connectivity index (χ4n) is 1.98. The third-order valence-electron chi connectivity index (χ3n) is 2.87. The normalized spacial score (nSPS) is 20.1. The van der Waals surface area contributed by atoms with Gasteiger partial charge in [0.15, 0.2) is 0 Å². The van der Waals surface area contributed by atoms with Crippen LogP contribution in [0.25, 0.3) is 0 Å². The average molecular weight is 268 g/mol. The molecule has 1 saturated heterocycles. The highest BCUT2D eigenvalue weighted by molar-refractivity contribution is 5.76. The first-order valence-corrected chi connectivity index (χ1v) is 5.99. The van der Waals surface area contributed by atoms with Crippen LogP contribution in [0, 0.1) is 0 Å². The summed E-state index contributed by atoms with van der Waals surface area (Å²) in [6, 6.07) is 0.0963. The molecule has 0 aromatic carbocycles. The quantitative estimate of drug-likeness (QED) is 0.786. The van der Waals surface area contributed by atoms with Crippen LogP contribution in [-0.2, 0) is 9.53 Å². The smallest absolute Gasteiger partial charge is 0.383 e.